The lowest BCUT2D eigenvalue weighted by molar-refractivity contribution is -0.136. The van der Waals surface area contributed by atoms with Gasteiger partial charge in [-0.25, -0.2) is 8.42 Å². The van der Waals surface area contributed by atoms with Crippen molar-refractivity contribution in [3.8, 4) is 5.75 Å². The predicted molar refractivity (Wildman–Crippen MR) is 97.2 cm³/mol. The van der Waals surface area contributed by atoms with Crippen molar-refractivity contribution in [3.63, 3.8) is 0 Å². The van der Waals surface area contributed by atoms with Gasteiger partial charge in [-0.05, 0) is 43.5 Å². The highest BCUT2D eigenvalue weighted by Crippen LogP contribution is 2.30. The molecule has 1 aromatic carbocycles. The first-order valence-electron chi connectivity index (χ1n) is 7.61. The van der Waals surface area contributed by atoms with E-state index in [9.17, 15) is 13.2 Å². The number of aliphatic carboxylic acids is 1. The summed E-state index contributed by atoms with van der Waals surface area (Å²) in [4.78, 5) is 10.7. The summed E-state index contributed by atoms with van der Waals surface area (Å²) in [5.41, 5.74) is 0. The van der Waals surface area contributed by atoms with Crippen LogP contribution in [-0.2, 0) is 14.8 Å². The average Bonchev–Trinajstić information content (AvgIpc) is 2.54. The number of nitrogens with one attached hydrogen (secondary N) is 1. The highest BCUT2D eigenvalue weighted by molar-refractivity contribution is 7.89. The monoisotopic (exact) mass is 412 g/mol. The van der Waals surface area contributed by atoms with Gasteiger partial charge >= 0.3 is 5.97 Å². The molecule has 10 heteroatoms. The molecule has 1 heterocycles. The first kappa shape index (κ1) is 22.0. The Kier molecular flexibility index (Phi) is 8.43. The fraction of sp³-hybridized carbons (Fsp3) is 0.533. The van der Waals surface area contributed by atoms with Crippen LogP contribution in [0.3, 0.4) is 0 Å². The van der Waals surface area contributed by atoms with Crippen LogP contribution in [0.4, 0.5) is 0 Å². The Morgan fingerprint density at radius 1 is 1.48 bits per heavy atom. The van der Waals surface area contributed by atoms with Crippen molar-refractivity contribution in [3.05, 3.63) is 23.2 Å². The van der Waals surface area contributed by atoms with E-state index in [4.69, 9.17) is 21.4 Å². The van der Waals surface area contributed by atoms with Gasteiger partial charge in [0.1, 0.15) is 5.75 Å². The largest absolute Gasteiger partial charge is 0.495 e. The average molecular weight is 413 g/mol. The SMILES string of the molecule is COc1ccc(S(=O)(=O)N2CCCC(CNCC(=O)O)C2)cc1Cl.Cl. The number of ether oxygens (including phenoxy) is 1. The number of piperidine rings is 1. The van der Waals surface area contributed by atoms with Crippen LogP contribution in [0.25, 0.3) is 0 Å². The van der Waals surface area contributed by atoms with E-state index in [1.807, 2.05) is 0 Å². The van der Waals surface area contributed by atoms with Gasteiger partial charge in [0.15, 0.2) is 0 Å². The van der Waals surface area contributed by atoms with E-state index in [0.29, 0.717) is 25.4 Å². The molecule has 1 fully saturated rings. The quantitative estimate of drug-likeness (QED) is 0.709. The topological polar surface area (TPSA) is 95.9 Å². The third-order valence-corrected chi connectivity index (χ3v) is 6.11. The molecule has 1 saturated heterocycles. The number of carboxylic acid groups (broad SMARTS) is 1. The van der Waals surface area contributed by atoms with Gasteiger partial charge in [-0.3, -0.25) is 4.79 Å². The normalized spacial score (nSPS) is 18.4. The lowest BCUT2D eigenvalue weighted by atomic mass is 10.00. The zero-order chi connectivity index (χ0) is 17.7. The molecule has 2 N–H and O–H groups in total. The summed E-state index contributed by atoms with van der Waals surface area (Å²) in [6.07, 6.45) is 1.60. The van der Waals surface area contributed by atoms with Crippen molar-refractivity contribution in [2.24, 2.45) is 5.92 Å². The first-order valence-corrected chi connectivity index (χ1v) is 9.42. The van der Waals surface area contributed by atoms with Crippen LogP contribution >= 0.6 is 24.0 Å². The Bertz CT molecular complexity index is 699. The Balaban J connectivity index is 0.00000312. The Morgan fingerprint density at radius 2 is 2.20 bits per heavy atom. The second-order valence-corrected chi connectivity index (χ2v) is 8.04. The smallest absolute Gasteiger partial charge is 0.317 e. The maximum Gasteiger partial charge on any atom is 0.317 e. The Labute approximate surface area is 158 Å². The van der Waals surface area contributed by atoms with Gasteiger partial charge < -0.3 is 15.2 Å². The number of sulfonamides is 1. The number of hydrogen-bond acceptors (Lipinski definition) is 5. The summed E-state index contributed by atoms with van der Waals surface area (Å²) in [7, 11) is -2.17. The van der Waals surface area contributed by atoms with E-state index < -0.39 is 16.0 Å². The van der Waals surface area contributed by atoms with E-state index in [2.05, 4.69) is 5.32 Å². The van der Waals surface area contributed by atoms with Gasteiger partial charge in [0.25, 0.3) is 0 Å². The molecule has 1 aliphatic heterocycles. The molecule has 0 spiro atoms. The number of rotatable bonds is 7. The predicted octanol–water partition coefficient (Wildman–Crippen LogP) is 1.85. The molecular formula is C15H22Cl2N2O5S. The molecule has 25 heavy (non-hydrogen) atoms. The van der Waals surface area contributed by atoms with Crippen molar-refractivity contribution in [1.82, 2.24) is 9.62 Å². The molecule has 0 bridgehead atoms. The minimum absolute atomic E-state index is 0. The van der Waals surface area contributed by atoms with Crippen LogP contribution in [0.1, 0.15) is 12.8 Å². The number of hydrogen-bond donors (Lipinski definition) is 2. The van der Waals surface area contributed by atoms with Crippen molar-refractivity contribution >= 4 is 40.0 Å². The standard InChI is InChI=1S/C15H21ClN2O5S.ClH/c1-23-14-5-4-12(7-13(14)16)24(21,22)18-6-2-3-11(10-18)8-17-9-15(19)20;/h4-5,7,11,17H,2-3,6,8-10H2,1H3,(H,19,20);1H. The first-order chi connectivity index (χ1) is 11.3. The third-order valence-electron chi connectivity index (χ3n) is 3.95. The van der Waals surface area contributed by atoms with Gasteiger partial charge in [-0.2, -0.15) is 4.31 Å². The Hall–Kier alpha value is -1.06. The van der Waals surface area contributed by atoms with Gasteiger partial charge in [-0.1, -0.05) is 11.6 Å². The fourth-order valence-electron chi connectivity index (χ4n) is 2.75. The summed E-state index contributed by atoms with van der Waals surface area (Å²) in [5, 5.41) is 11.7. The number of halogens is 2. The van der Waals surface area contributed by atoms with Gasteiger partial charge in [0, 0.05) is 13.1 Å². The van der Waals surface area contributed by atoms with Crippen molar-refractivity contribution in [1.29, 1.82) is 0 Å². The zero-order valence-corrected chi connectivity index (χ0v) is 16.2. The minimum atomic E-state index is -3.63. The highest BCUT2D eigenvalue weighted by atomic mass is 35.5. The molecule has 2 rings (SSSR count). The Morgan fingerprint density at radius 3 is 2.80 bits per heavy atom. The summed E-state index contributed by atoms with van der Waals surface area (Å²) >= 11 is 6.03. The van der Waals surface area contributed by atoms with E-state index in [1.54, 1.807) is 0 Å². The zero-order valence-electron chi connectivity index (χ0n) is 13.8. The van der Waals surface area contributed by atoms with Crippen LogP contribution in [0.5, 0.6) is 5.75 Å². The molecule has 1 aromatic rings. The molecule has 7 nitrogen and oxygen atoms in total. The molecule has 1 atom stereocenters. The van der Waals surface area contributed by atoms with Gasteiger partial charge in [0.05, 0.1) is 23.6 Å². The minimum Gasteiger partial charge on any atom is -0.495 e. The van der Waals surface area contributed by atoms with Crippen molar-refractivity contribution < 1.29 is 23.1 Å². The highest BCUT2D eigenvalue weighted by Gasteiger charge is 2.30. The van der Waals surface area contributed by atoms with Gasteiger partial charge in [-0.15, -0.1) is 12.4 Å². The molecular weight excluding hydrogens is 391 g/mol. The molecule has 0 radical (unpaired) electrons. The van der Waals surface area contributed by atoms with Gasteiger partial charge in [0.2, 0.25) is 10.0 Å². The van der Waals surface area contributed by atoms with Crippen molar-refractivity contribution in [2.45, 2.75) is 17.7 Å². The molecule has 0 amide bonds. The lowest BCUT2D eigenvalue weighted by Gasteiger charge is -2.32. The second kappa shape index (κ2) is 9.59. The summed E-state index contributed by atoms with van der Waals surface area (Å²) in [6, 6.07) is 4.40. The van der Waals surface area contributed by atoms with E-state index in [1.165, 1.54) is 29.6 Å². The van der Waals surface area contributed by atoms with E-state index in [-0.39, 0.29) is 34.8 Å². The number of benzene rings is 1. The number of methoxy groups -OCH3 is 1. The molecule has 0 saturated carbocycles. The molecule has 142 valence electrons. The fourth-order valence-corrected chi connectivity index (χ4v) is 4.66. The number of nitrogens with zero attached hydrogens (tertiary/aromatic N) is 1. The van der Waals surface area contributed by atoms with Crippen LogP contribution in [0.2, 0.25) is 5.02 Å². The number of carbonyl (C=O) groups is 1. The van der Waals surface area contributed by atoms with Crippen LogP contribution in [0.15, 0.2) is 23.1 Å². The summed E-state index contributed by atoms with van der Waals surface area (Å²) < 4.78 is 32.0. The van der Waals surface area contributed by atoms with Crippen LogP contribution in [-0.4, -0.2) is 57.1 Å². The summed E-state index contributed by atoms with van der Waals surface area (Å²) in [6.45, 7) is 1.15. The maximum absolute atomic E-state index is 12.8. The third kappa shape index (κ3) is 5.72. The van der Waals surface area contributed by atoms with E-state index >= 15 is 0 Å². The summed E-state index contributed by atoms with van der Waals surface area (Å²) in [5.74, 6) is -0.422. The molecule has 0 aliphatic carbocycles. The lowest BCUT2D eigenvalue weighted by Crippen LogP contribution is -2.43. The van der Waals surface area contributed by atoms with Crippen LogP contribution in [0, 0.1) is 5.92 Å². The van der Waals surface area contributed by atoms with Crippen LogP contribution < -0.4 is 10.1 Å². The molecule has 0 aromatic heterocycles. The maximum atomic E-state index is 12.8. The van der Waals surface area contributed by atoms with Crippen molar-refractivity contribution in [2.75, 3.05) is 33.3 Å². The molecule has 1 aliphatic rings. The number of carboxylic acids is 1. The second-order valence-electron chi connectivity index (χ2n) is 5.69. The molecule has 1 unspecified atom stereocenters. The van der Waals surface area contributed by atoms with E-state index in [0.717, 1.165) is 12.8 Å².